The van der Waals surface area contributed by atoms with Crippen molar-refractivity contribution in [1.29, 1.82) is 0 Å². The van der Waals surface area contributed by atoms with Gasteiger partial charge in [-0.1, -0.05) is 54.6 Å². The Labute approximate surface area is 133 Å². The highest BCUT2D eigenvalue weighted by atomic mass is 15.3. The van der Waals surface area contributed by atoms with Gasteiger partial charge in [0.2, 0.25) is 0 Å². The topological polar surface area (TPSA) is 32.5 Å². The van der Waals surface area contributed by atoms with Gasteiger partial charge in [-0.25, -0.2) is 0 Å². The Hall–Kier alpha value is -1.68. The number of nitrogens with zero attached hydrogens (tertiary/aromatic N) is 2. The van der Waals surface area contributed by atoms with Gasteiger partial charge in [-0.3, -0.25) is 9.80 Å². The molecule has 1 saturated heterocycles. The van der Waals surface area contributed by atoms with Crippen LogP contribution in [0.1, 0.15) is 16.7 Å². The third-order valence-electron chi connectivity index (χ3n) is 4.38. The monoisotopic (exact) mass is 295 g/mol. The van der Waals surface area contributed by atoms with E-state index in [1.54, 1.807) is 0 Å². The van der Waals surface area contributed by atoms with E-state index in [4.69, 9.17) is 5.73 Å². The highest BCUT2D eigenvalue weighted by Crippen LogP contribution is 2.12. The molecular weight excluding hydrogens is 270 g/mol. The molecule has 0 atom stereocenters. The van der Waals surface area contributed by atoms with Crippen LogP contribution in [-0.4, -0.2) is 36.0 Å². The Morgan fingerprint density at radius 2 is 1.09 bits per heavy atom. The van der Waals surface area contributed by atoms with Crippen molar-refractivity contribution in [3.05, 3.63) is 71.3 Å². The Kier molecular flexibility index (Phi) is 5.22. The Morgan fingerprint density at radius 3 is 1.59 bits per heavy atom. The molecule has 0 radical (unpaired) electrons. The van der Waals surface area contributed by atoms with Gasteiger partial charge >= 0.3 is 0 Å². The van der Waals surface area contributed by atoms with Gasteiger partial charge in [0, 0.05) is 45.8 Å². The van der Waals surface area contributed by atoms with Crippen molar-refractivity contribution in [3.8, 4) is 0 Å². The average Bonchev–Trinajstić information content (AvgIpc) is 2.58. The molecule has 0 saturated carbocycles. The normalized spacial score (nSPS) is 16.8. The predicted molar refractivity (Wildman–Crippen MR) is 91.3 cm³/mol. The highest BCUT2D eigenvalue weighted by molar-refractivity contribution is 5.22. The lowest BCUT2D eigenvalue weighted by atomic mass is 10.1. The standard InChI is InChI=1S/C19H25N3/c20-14-17-6-8-19(9-7-17)16-22-12-10-21(11-13-22)15-18-4-2-1-3-5-18/h1-9H,10-16,20H2. The van der Waals surface area contributed by atoms with E-state index in [-0.39, 0.29) is 0 Å². The van der Waals surface area contributed by atoms with E-state index in [2.05, 4.69) is 64.4 Å². The molecular formula is C19H25N3. The van der Waals surface area contributed by atoms with Crippen molar-refractivity contribution in [1.82, 2.24) is 9.80 Å². The summed E-state index contributed by atoms with van der Waals surface area (Å²) in [5.41, 5.74) is 9.65. The number of piperazine rings is 1. The van der Waals surface area contributed by atoms with Crippen molar-refractivity contribution in [2.24, 2.45) is 5.73 Å². The van der Waals surface area contributed by atoms with Gasteiger partial charge in [-0.2, -0.15) is 0 Å². The second-order valence-corrected chi connectivity index (χ2v) is 6.06. The van der Waals surface area contributed by atoms with E-state index in [0.717, 1.165) is 39.3 Å². The van der Waals surface area contributed by atoms with Crippen LogP contribution >= 0.6 is 0 Å². The summed E-state index contributed by atoms with van der Waals surface area (Å²) in [4.78, 5) is 5.09. The average molecular weight is 295 g/mol. The zero-order valence-electron chi connectivity index (χ0n) is 13.1. The summed E-state index contributed by atoms with van der Waals surface area (Å²) < 4.78 is 0. The molecule has 2 aromatic rings. The second kappa shape index (κ2) is 7.54. The zero-order chi connectivity index (χ0) is 15.2. The number of benzene rings is 2. The first-order valence-corrected chi connectivity index (χ1v) is 8.10. The van der Waals surface area contributed by atoms with E-state index in [0.29, 0.717) is 6.54 Å². The molecule has 3 heteroatoms. The van der Waals surface area contributed by atoms with E-state index in [1.807, 2.05) is 0 Å². The van der Waals surface area contributed by atoms with Crippen molar-refractivity contribution in [2.45, 2.75) is 19.6 Å². The number of hydrogen-bond acceptors (Lipinski definition) is 3. The van der Waals surface area contributed by atoms with Gasteiger partial charge in [0.15, 0.2) is 0 Å². The van der Waals surface area contributed by atoms with Crippen LogP contribution in [0.3, 0.4) is 0 Å². The van der Waals surface area contributed by atoms with Crippen LogP contribution in [-0.2, 0) is 19.6 Å². The van der Waals surface area contributed by atoms with E-state index in [1.165, 1.54) is 16.7 Å². The van der Waals surface area contributed by atoms with Crippen LogP contribution in [0.15, 0.2) is 54.6 Å². The molecule has 116 valence electrons. The SMILES string of the molecule is NCc1ccc(CN2CCN(Cc3ccccc3)CC2)cc1. The number of rotatable bonds is 5. The van der Waals surface area contributed by atoms with Gasteiger partial charge in [-0.05, 0) is 16.7 Å². The van der Waals surface area contributed by atoms with Crippen molar-refractivity contribution >= 4 is 0 Å². The molecule has 3 rings (SSSR count). The molecule has 22 heavy (non-hydrogen) atoms. The van der Waals surface area contributed by atoms with E-state index in [9.17, 15) is 0 Å². The molecule has 1 fully saturated rings. The third kappa shape index (κ3) is 4.17. The number of nitrogens with two attached hydrogens (primary N) is 1. The summed E-state index contributed by atoms with van der Waals surface area (Å²) in [5, 5.41) is 0. The lowest BCUT2D eigenvalue weighted by molar-refractivity contribution is 0.122. The number of hydrogen-bond donors (Lipinski definition) is 1. The Morgan fingerprint density at radius 1 is 0.636 bits per heavy atom. The molecule has 0 bridgehead atoms. The smallest absolute Gasteiger partial charge is 0.0234 e. The molecule has 0 amide bonds. The minimum atomic E-state index is 0.623. The van der Waals surface area contributed by atoms with Gasteiger partial charge in [0.05, 0.1) is 0 Å². The minimum absolute atomic E-state index is 0.623. The Balaban J connectivity index is 1.47. The molecule has 0 spiro atoms. The Bertz CT molecular complexity index is 557. The first-order chi connectivity index (χ1) is 10.8. The van der Waals surface area contributed by atoms with Crippen molar-refractivity contribution in [2.75, 3.05) is 26.2 Å². The summed E-state index contributed by atoms with van der Waals surface area (Å²) in [5.74, 6) is 0. The van der Waals surface area contributed by atoms with Gasteiger partial charge in [-0.15, -0.1) is 0 Å². The van der Waals surface area contributed by atoms with Gasteiger partial charge in [0.25, 0.3) is 0 Å². The van der Waals surface area contributed by atoms with Crippen LogP contribution in [0.4, 0.5) is 0 Å². The van der Waals surface area contributed by atoms with E-state index >= 15 is 0 Å². The van der Waals surface area contributed by atoms with Gasteiger partial charge in [0.1, 0.15) is 0 Å². The summed E-state index contributed by atoms with van der Waals surface area (Å²) in [7, 11) is 0. The minimum Gasteiger partial charge on any atom is -0.326 e. The molecule has 0 aliphatic carbocycles. The largest absolute Gasteiger partial charge is 0.326 e. The summed E-state index contributed by atoms with van der Waals surface area (Å²) >= 11 is 0. The highest BCUT2D eigenvalue weighted by Gasteiger charge is 2.16. The molecule has 2 N–H and O–H groups in total. The summed E-state index contributed by atoms with van der Waals surface area (Å²) in [6.45, 7) is 7.32. The van der Waals surface area contributed by atoms with Gasteiger partial charge < -0.3 is 5.73 Å². The first kappa shape index (κ1) is 15.2. The maximum atomic E-state index is 5.65. The molecule has 2 aromatic carbocycles. The molecule has 1 heterocycles. The fourth-order valence-electron chi connectivity index (χ4n) is 2.99. The predicted octanol–water partition coefficient (Wildman–Crippen LogP) is 2.46. The zero-order valence-corrected chi connectivity index (χ0v) is 13.1. The lowest BCUT2D eigenvalue weighted by Crippen LogP contribution is -2.45. The van der Waals surface area contributed by atoms with Crippen LogP contribution in [0.2, 0.25) is 0 Å². The quantitative estimate of drug-likeness (QED) is 0.920. The fraction of sp³-hybridized carbons (Fsp3) is 0.368. The van der Waals surface area contributed by atoms with Crippen molar-refractivity contribution < 1.29 is 0 Å². The summed E-state index contributed by atoms with van der Waals surface area (Å²) in [6, 6.07) is 19.4. The molecule has 0 aromatic heterocycles. The lowest BCUT2D eigenvalue weighted by Gasteiger charge is -2.34. The van der Waals surface area contributed by atoms with Crippen molar-refractivity contribution in [3.63, 3.8) is 0 Å². The second-order valence-electron chi connectivity index (χ2n) is 6.06. The molecule has 1 aliphatic rings. The fourth-order valence-corrected chi connectivity index (χ4v) is 2.99. The van der Waals surface area contributed by atoms with Crippen LogP contribution < -0.4 is 5.73 Å². The summed E-state index contributed by atoms with van der Waals surface area (Å²) in [6.07, 6.45) is 0. The molecule has 3 nitrogen and oxygen atoms in total. The van der Waals surface area contributed by atoms with Crippen LogP contribution in [0.5, 0.6) is 0 Å². The molecule has 1 aliphatic heterocycles. The maximum Gasteiger partial charge on any atom is 0.0234 e. The molecule has 0 unspecified atom stereocenters. The van der Waals surface area contributed by atoms with Crippen LogP contribution in [0, 0.1) is 0 Å². The van der Waals surface area contributed by atoms with E-state index < -0.39 is 0 Å². The van der Waals surface area contributed by atoms with Crippen LogP contribution in [0.25, 0.3) is 0 Å². The maximum absolute atomic E-state index is 5.65. The third-order valence-corrected chi connectivity index (χ3v) is 4.38. The first-order valence-electron chi connectivity index (χ1n) is 8.10.